The fourth-order valence-corrected chi connectivity index (χ4v) is 5.08. The van der Waals surface area contributed by atoms with Crippen molar-refractivity contribution in [2.45, 2.75) is 65.1 Å². The number of nitrogens with one attached hydrogen (secondary N) is 1. The van der Waals surface area contributed by atoms with Crippen LogP contribution >= 0.6 is 0 Å². The van der Waals surface area contributed by atoms with Gasteiger partial charge in [-0.05, 0) is 75.5 Å². The zero-order valence-corrected chi connectivity index (χ0v) is 22.5. The Bertz CT molecular complexity index is 1200. The van der Waals surface area contributed by atoms with Crippen molar-refractivity contribution in [3.8, 4) is 0 Å². The summed E-state index contributed by atoms with van der Waals surface area (Å²) in [7, 11) is 0. The second-order valence-electron chi connectivity index (χ2n) is 10.1. The number of hydrogen-bond donors (Lipinski definition) is 1. The molecule has 2 aromatic heterocycles. The normalized spacial score (nSPS) is 15.9. The minimum absolute atomic E-state index is 0.0752. The quantitative estimate of drug-likeness (QED) is 0.327. The SMILES string of the molecule is CCCN(Cc1cccn1Cc1ccc(C(=O)NCCCN2CCCCC2C)o1)C(=O)c1ccccc1F. The number of carbonyl (C=O) groups is 2. The molecule has 1 aromatic carbocycles. The maximum atomic E-state index is 14.3. The van der Waals surface area contributed by atoms with Crippen LogP contribution in [-0.2, 0) is 13.1 Å². The standard InChI is InChI=1S/C30H39FN4O3/c1-3-17-35(30(37)26-12-4-5-13-27(26)31)21-24-11-8-19-34(24)22-25-14-15-28(38-25)29(36)32-16-9-20-33-18-7-6-10-23(33)2/h4-5,8,11-15,19,23H,3,6-7,9-10,16-18,20-22H2,1-2H3,(H,32,36). The predicted molar refractivity (Wildman–Crippen MR) is 146 cm³/mol. The molecule has 204 valence electrons. The Balaban J connectivity index is 1.31. The molecule has 1 fully saturated rings. The van der Waals surface area contributed by atoms with Crippen LogP contribution in [0.4, 0.5) is 4.39 Å². The number of aromatic nitrogens is 1. The van der Waals surface area contributed by atoms with Crippen LogP contribution in [0.1, 0.15) is 78.3 Å². The summed E-state index contributed by atoms with van der Waals surface area (Å²) in [5, 5.41) is 2.97. The molecule has 0 bridgehead atoms. The Morgan fingerprint density at radius 2 is 1.97 bits per heavy atom. The van der Waals surface area contributed by atoms with Crippen LogP contribution in [0.5, 0.6) is 0 Å². The maximum absolute atomic E-state index is 14.3. The molecule has 1 saturated heterocycles. The summed E-state index contributed by atoms with van der Waals surface area (Å²) in [4.78, 5) is 29.8. The highest BCUT2D eigenvalue weighted by Crippen LogP contribution is 2.18. The molecule has 1 aliphatic rings. The van der Waals surface area contributed by atoms with E-state index in [0.717, 1.165) is 31.6 Å². The van der Waals surface area contributed by atoms with Crippen molar-refractivity contribution >= 4 is 11.8 Å². The fraction of sp³-hybridized carbons (Fsp3) is 0.467. The van der Waals surface area contributed by atoms with Crippen LogP contribution in [0.15, 0.2) is 59.1 Å². The fourth-order valence-electron chi connectivity index (χ4n) is 5.08. The highest BCUT2D eigenvalue weighted by molar-refractivity contribution is 5.94. The Hall–Kier alpha value is -3.39. The van der Waals surface area contributed by atoms with E-state index in [1.165, 1.54) is 31.4 Å². The summed E-state index contributed by atoms with van der Waals surface area (Å²) in [5.74, 6) is -0.110. The number of halogens is 1. The third kappa shape index (κ3) is 7.13. The third-order valence-corrected chi connectivity index (χ3v) is 7.22. The van der Waals surface area contributed by atoms with Crippen molar-refractivity contribution in [1.29, 1.82) is 0 Å². The van der Waals surface area contributed by atoms with Gasteiger partial charge in [-0.3, -0.25) is 9.59 Å². The van der Waals surface area contributed by atoms with Crippen LogP contribution in [0, 0.1) is 5.82 Å². The van der Waals surface area contributed by atoms with Gasteiger partial charge in [-0.2, -0.15) is 0 Å². The number of nitrogens with zero attached hydrogens (tertiary/aromatic N) is 3. The molecule has 3 aromatic rings. The minimum atomic E-state index is -0.517. The van der Waals surface area contributed by atoms with E-state index < -0.39 is 5.82 Å². The van der Waals surface area contributed by atoms with E-state index in [0.29, 0.717) is 43.7 Å². The maximum Gasteiger partial charge on any atom is 0.286 e. The molecule has 1 atom stereocenters. The molecule has 7 nitrogen and oxygen atoms in total. The summed E-state index contributed by atoms with van der Waals surface area (Å²) in [5.41, 5.74) is 0.976. The molecule has 1 N–H and O–H groups in total. The highest BCUT2D eigenvalue weighted by atomic mass is 19.1. The molecule has 1 aliphatic heterocycles. The Morgan fingerprint density at radius 3 is 2.76 bits per heavy atom. The lowest BCUT2D eigenvalue weighted by Gasteiger charge is -2.33. The van der Waals surface area contributed by atoms with E-state index >= 15 is 0 Å². The number of rotatable bonds is 12. The molecule has 8 heteroatoms. The van der Waals surface area contributed by atoms with Crippen LogP contribution in [0.2, 0.25) is 0 Å². The molecule has 0 aliphatic carbocycles. The van der Waals surface area contributed by atoms with Gasteiger partial charge in [0.2, 0.25) is 0 Å². The average molecular weight is 523 g/mol. The van der Waals surface area contributed by atoms with E-state index in [-0.39, 0.29) is 17.4 Å². The van der Waals surface area contributed by atoms with Gasteiger partial charge >= 0.3 is 0 Å². The van der Waals surface area contributed by atoms with Gasteiger partial charge < -0.3 is 24.1 Å². The van der Waals surface area contributed by atoms with Crippen molar-refractivity contribution in [3.05, 3.63) is 83.3 Å². The van der Waals surface area contributed by atoms with Crippen LogP contribution in [0.3, 0.4) is 0 Å². The van der Waals surface area contributed by atoms with Crippen molar-refractivity contribution in [1.82, 2.24) is 19.7 Å². The van der Waals surface area contributed by atoms with Crippen molar-refractivity contribution < 1.29 is 18.4 Å². The second kappa shape index (κ2) is 13.4. The average Bonchev–Trinajstić information content (AvgIpc) is 3.57. The summed E-state index contributed by atoms with van der Waals surface area (Å²) < 4.78 is 22.1. The van der Waals surface area contributed by atoms with E-state index in [9.17, 15) is 14.0 Å². The van der Waals surface area contributed by atoms with Crippen LogP contribution < -0.4 is 5.32 Å². The summed E-state index contributed by atoms with van der Waals surface area (Å²) >= 11 is 0. The van der Waals surface area contributed by atoms with E-state index in [1.807, 2.05) is 35.9 Å². The van der Waals surface area contributed by atoms with Crippen LogP contribution in [0.25, 0.3) is 0 Å². The first-order chi connectivity index (χ1) is 18.5. The van der Waals surface area contributed by atoms with Crippen molar-refractivity contribution in [2.24, 2.45) is 0 Å². The number of carbonyl (C=O) groups excluding carboxylic acids is 2. The van der Waals surface area contributed by atoms with Gasteiger partial charge in [0.05, 0.1) is 18.7 Å². The molecule has 3 heterocycles. The molecule has 0 radical (unpaired) electrons. The molecule has 38 heavy (non-hydrogen) atoms. The summed E-state index contributed by atoms with van der Waals surface area (Å²) in [6.45, 7) is 8.31. The molecule has 1 unspecified atom stereocenters. The van der Waals surface area contributed by atoms with Gasteiger partial charge in [-0.1, -0.05) is 25.5 Å². The lowest BCUT2D eigenvalue weighted by molar-refractivity contribution is 0.0734. The van der Waals surface area contributed by atoms with Gasteiger partial charge in [0.25, 0.3) is 11.8 Å². The largest absolute Gasteiger partial charge is 0.454 e. The minimum Gasteiger partial charge on any atom is -0.454 e. The summed E-state index contributed by atoms with van der Waals surface area (Å²) in [6, 6.07) is 14.1. The zero-order chi connectivity index (χ0) is 26.9. The Labute approximate surface area is 224 Å². The molecule has 4 rings (SSSR count). The number of furan rings is 1. The van der Waals surface area contributed by atoms with Gasteiger partial charge in [-0.15, -0.1) is 0 Å². The predicted octanol–water partition coefficient (Wildman–Crippen LogP) is 5.32. The van der Waals surface area contributed by atoms with Gasteiger partial charge in [0, 0.05) is 37.6 Å². The lowest BCUT2D eigenvalue weighted by Crippen LogP contribution is -2.39. The Morgan fingerprint density at radius 1 is 1.13 bits per heavy atom. The van der Waals surface area contributed by atoms with E-state index in [1.54, 1.807) is 23.1 Å². The van der Waals surface area contributed by atoms with Crippen molar-refractivity contribution in [2.75, 3.05) is 26.2 Å². The monoisotopic (exact) mass is 522 g/mol. The topological polar surface area (TPSA) is 70.7 Å². The molecule has 0 saturated carbocycles. The first-order valence-electron chi connectivity index (χ1n) is 13.7. The van der Waals surface area contributed by atoms with Gasteiger partial charge in [-0.25, -0.2) is 4.39 Å². The number of piperidine rings is 1. The smallest absolute Gasteiger partial charge is 0.286 e. The van der Waals surface area contributed by atoms with E-state index in [2.05, 4.69) is 17.1 Å². The highest BCUT2D eigenvalue weighted by Gasteiger charge is 2.21. The number of amides is 2. The number of benzene rings is 1. The number of likely N-dealkylation sites (tertiary alicyclic amines) is 1. The molecular weight excluding hydrogens is 483 g/mol. The lowest BCUT2D eigenvalue weighted by atomic mass is 10.0. The zero-order valence-electron chi connectivity index (χ0n) is 22.5. The summed E-state index contributed by atoms with van der Waals surface area (Å²) in [6.07, 6.45) is 7.40. The van der Waals surface area contributed by atoms with E-state index in [4.69, 9.17) is 4.42 Å². The molecular formula is C30H39FN4O3. The van der Waals surface area contributed by atoms with Gasteiger partial charge in [0.15, 0.2) is 5.76 Å². The number of hydrogen-bond acceptors (Lipinski definition) is 4. The first-order valence-corrected chi connectivity index (χ1v) is 13.7. The van der Waals surface area contributed by atoms with Crippen LogP contribution in [-0.4, -0.2) is 58.4 Å². The third-order valence-electron chi connectivity index (χ3n) is 7.22. The Kier molecular flexibility index (Phi) is 9.76. The first kappa shape index (κ1) is 27.6. The van der Waals surface area contributed by atoms with Gasteiger partial charge in [0.1, 0.15) is 11.6 Å². The molecule has 2 amide bonds. The molecule has 0 spiro atoms. The second-order valence-corrected chi connectivity index (χ2v) is 10.1. The van der Waals surface area contributed by atoms with Crippen molar-refractivity contribution in [3.63, 3.8) is 0 Å².